The lowest BCUT2D eigenvalue weighted by atomic mass is 10.3. The first-order valence-corrected chi connectivity index (χ1v) is 7.57. The van der Waals surface area contributed by atoms with Crippen LogP contribution in [0.2, 0.25) is 0 Å². The lowest BCUT2D eigenvalue weighted by molar-refractivity contribution is 0.0699. The van der Waals surface area contributed by atoms with Crippen molar-refractivity contribution in [2.45, 2.75) is 11.3 Å². The van der Waals surface area contributed by atoms with Gasteiger partial charge in [-0.25, -0.2) is 17.5 Å². The first kappa shape index (κ1) is 16.8. The van der Waals surface area contributed by atoms with E-state index < -0.39 is 20.7 Å². The lowest BCUT2D eigenvalue weighted by Crippen LogP contribution is -2.26. The van der Waals surface area contributed by atoms with Gasteiger partial charge in [0.15, 0.2) is 0 Å². The number of benzene rings is 1. The van der Waals surface area contributed by atoms with Gasteiger partial charge in [-0.15, -0.1) is 0 Å². The van der Waals surface area contributed by atoms with Crippen LogP contribution in [0.4, 0.5) is 10.1 Å². The molecule has 0 heterocycles. The highest BCUT2D eigenvalue weighted by Crippen LogP contribution is 2.17. The highest BCUT2D eigenvalue weighted by Gasteiger charge is 2.18. The predicted octanol–water partition coefficient (Wildman–Crippen LogP) is 0.739. The molecule has 0 saturated heterocycles. The molecule has 0 atom stereocenters. The van der Waals surface area contributed by atoms with E-state index in [9.17, 15) is 12.8 Å². The van der Waals surface area contributed by atoms with Crippen LogP contribution in [0, 0.1) is 5.82 Å². The van der Waals surface area contributed by atoms with Gasteiger partial charge in [-0.05, 0) is 24.6 Å². The Morgan fingerprint density at radius 3 is 2.75 bits per heavy atom. The van der Waals surface area contributed by atoms with Gasteiger partial charge < -0.3 is 15.2 Å². The maximum atomic E-state index is 13.5. The van der Waals surface area contributed by atoms with Crippen LogP contribution in [0.1, 0.15) is 6.42 Å². The molecule has 8 heteroatoms. The Kier molecular flexibility index (Phi) is 6.86. The number of hydrogen-bond donors (Lipinski definition) is 2. The number of nitrogens with one attached hydrogen (secondary N) is 1. The molecule has 0 unspecified atom stereocenters. The van der Waals surface area contributed by atoms with Crippen LogP contribution in [0.15, 0.2) is 23.1 Å². The van der Waals surface area contributed by atoms with E-state index in [1.807, 2.05) is 0 Å². The molecule has 3 N–H and O–H groups in total. The highest BCUT2D eigenvalue weighted by atomic mass is 32.2. The maximum absolute atomic E-state index is 13.5. The summed E-state index contributed by atoms with van der Waals surface area (Å²) in [6.45, 7) is 1.49. The van der Waals surface area contributed by atoms with Gasteiger partial charge in [0.05, 0.1) is 13.2 Å². The SMILES string of the molecule is COCCOCCCNS(=O)(=O)c1cc(N)ccc1F. The zero-order chi connectivity index (χ0) is 15.0. The molecule has 0 spiro atoms. The molecule has 0 aromatic heterocycles. The Morgan fingerprint density at radius 2 is 2.05 bits per heavy atom. The number of halogens is 1. The summed E-state index contributed by atoms with van der Waals surface area (Å²) >= 11 is 0. The predicted molar refractivity (Wildman–Crippen MR) is 73.3 cm³/mol. The van der Waals surface area contributed by atoms with E-state index in [0.717, 1.165) is 12.1 Å². The third-order valence-electron chi connectivity index (χ3n) is 2.43. The van der Waals surface area contributed by atoms with Crippen LogP contribution in [0.3, 0.4) is 0 Å². The molecule has 6 nitrogen and oxygen atoms in total. The average Bonchev–Trinajstić information content (AvgIpc) is 2.40. The Hall–Kier alpha value is -1.22. The van der Waals surface area contributed by atoms with Crippen LogP contribution in [-0.4, -0.2) is 41.9 Å². The van der Waals surface area contributed by atoms with Gasteiger partial charge in [-0.3, -0.25) is 0 Å². The minimum absolute atomic E-state index is 0.156. The van der Waals surface area contributed by atoms with Gasteiger partial charge in [0.25, 0.3) is 0 Å². The van der Waals surface area contributed by atoms with Gasteiger partial charge in [0, 0.05) is 25.9 Å². The zero-order valence-corrected chi connectivity index (χ0v) is 12.1. The van der Waals surface area contributed by atoms with E-state index in [-0.39, 0.29) is 12.2 Å². The van der Waals surface area contributed by atoms with Crippen molar-refractivity contribution in [2.75, 3.05) is 39.2 Å². The fourth-order valence-electron chi connectivity index (χ4n) is 1.43. The minimum Gasteiger partial charge on any atom is -0.399 e. The van der Waals surface area contributed by atoms with Crippen molar-refractivity contribution in [1.82, 2.24) is 4.72 Å². The van der Waals surface area contributed by atoms with E-state index in [4.69, 9.17) is 15.2 Å². The van der Waals surface area contributed by atoms with Crippen molar-refractivity contribution in [2.24, 2.45) is 0 Å². The largest absolute Gasteiger partial charge is 0.399 e. The Balaban J connectivity index is 2.44. The molecule has 0 aliphatic carbocycles. The van der Waals surface area contributed by atoms with Crippen LogP contribution in [-0.2, 0) is 19.5 Å². The van der Waals surface area contributed by atoms with E-state index in [2.05, 4.69) is 4.72 Å². The summed E-state index contributed by atoms with van der Waals surface area (Å²) in [7, 11) is -2.33. The van der Waals surface area contributed by atoms with Gasteiger partial charge in [0.1, 0.15) is 10.7 Å². The zero-order valence-electron chi connectivity index (χ0n) is 11.3. The number of methoxy groups -OCH3 is 1. The summed E-state index contributed by atoms with van der Waals surface area (Å²) in [5.74, 6) is -0.831. The van der Waals surface area contributed by atoms with E-state index >= 15 is 0 Å². The molecule has 0 radical (unpaired) electrons. The molecule has 114 valence electrons. The highest BCUT2D eigenvalue weighted by molar-refractivity contribution is 7.89. The van der Waals surface area contributed by atoms with E-state index in [1.54, 1.807) is 7.11 Å². The second-order valence-corrected chi connectivity index (χ2v) is 5.78. The minimum atomic E-state index is -3.90. The lowest BCUT2D eigenvalue weighted by Gasteiger charge is -2.08. The molecule has 0 aliphatic rings. The number of anilines is 1. The second-order valence-electron chi connectivity index (χ2n) is 4.05. The van der Waals surface area contributed by atoms with Crippen molar-refractivity contribution in [3.8, 4) is 0 Å². The number of sulfonamides is 1. The third kappa shape index (κ3) is 5.41. The van der Waals surface area contributed by atoms with Crippen molar-refractivity contribution in [3.05, 3.63) is 24.0 Å². The van der Waals surface area contributed by atoms with Crippen molar-refractivity contribution >= 4 is 15.7 Å². The van der Waals surface area contributed by atoms with Crippen LogP contribution in [0.5, 0.6) is 0 Å². The summed E-state index contributed by atoms with van der Waals surface area (Å²) in [6.07, 6.45) is 0.479. The van der Waals surface area contributed by atoms with Gasteiger partial charge in [-0.1, -0.05) is 0 Å². The van der Waals surface area contributed by atoms with Crippen LogP contribution < -0.4 is 10.5 Å². The number of nitrogens with two attached hydrogens (primary N) is 1. The topological polar surface area (TPSA) is 90.6 Å². The summed E-state index contributed by atoms with van der Waals surface area (Å²) in [6, 6.07) is 3.42. The standard InChI is InChI=1S/C12H19FN2O4S/c1-18-7-8-19-6-2-5-15-20(16,17)12-9-10(14)3-4-11(12)13/h3-4,9,15H,2,5-8,14H2,1H3. The third-order valence-corrected chi connectivity index (χ3v) is 3.91. The molecule has 0 aliphatic heterocycles. The molecule has 0 saturated carbocycles. The smallest absolute Gasteiger partial charge is 0.243 e. The average molecular weight is 306 g/mol. The Bertz CT molecular complexity index is 522. The number of ether oxygens (including phenoxy) is 2. The second kappa shape index (κ2) is 8.15. The number of nitrogen functional groups attached to an aromatic ring is 1. The summed E-state index contributed by atoms with van der Waals surface area (Å²) in [4.78, 5) is -0.446. The molecule has 1 aromatic rings. The van der Waals surface area contributed by atoms with Crippen molar-refractivity contribution in [1.29, 1.82) is 0 Å². The number of hydrogen-bond acceptors (Lipinski definition) is 5. The summed E-state index contributed by atoms with van der Waals surface area (Å²) in [5.41, 5.74) is 5.65. The van der Waals surface area contributed by atoms with E-state index in [0.29, 0.717) is 26.2 Å². The molecule has 0 bridgehead atoms. The molecular formula is C12H19FN2O4S. The van der Waals surface area contributed by atoms with Gasteiger partial charge >= 0.3 is 0 Å². The first-order valence-electron chi connectivity index (χ1n) is 6.09. The molecule has 20 heavy (non-hydrogen) atoms. The van der Waals surface area contributed by atoms with E-state index in [1.165, 1.54) is 6.07 Å². The van der Waals surface area contributed by atoms with Crippen molar-refractivity contribution in [3.63, 3.8) is 0 Å². The van der Waals surface area contributed by atoms with Crippen LogP contribution in [0.25, 0.3) is 0 Å². The van der Waals surface area contributed by atoms with Crippen LogP contribution >= 0.6 is 0 Å². The monoisotopic (exact) mass is 306 g/mol. The molecule has 0 amide bonds. The first-order chi connectivity index (χ1) is 9.47. The molecular weight excluding hydrogens is 287 g/mol. The Morgan fingerprint density at radius 1 is 1.30 bits per heavy atom. The Labute approximate surface area is 118 Å². The molecule has 1 aromatic carbocycles. The molecule has 1 rings (SSSR count). The fourth-order valence-corrected chi connectivity index (χ4v) is 2.61. The maximum Gasteiger partial charge on any atom is 0.243 e. The van der Waals surface area contributed by atoms with Gasteiger partial charge in [0.2, 0.25) is 10.0 Å². The number of rotatable bonds is 9. The summed E-state index contributed by atoms with van der Waals surface area (Å²) < 4.78 is 49.5. The van der Waals surface area contributed by atoms with Gasteiger partial charge in [-0.2, -0.15) is 0 Å². The fraction of sp³-hybridized carbons (Fsp3) is 0.500. The quantitative estimate of drug-likeness (QED) is 0.519. The summed E-state index contributed by atoms with van der Waals surface area (Å²) in [5, 5.41) is 0. The molecule has 0 fully saturated rings. The van der Waals surface area contributed by atoms with Crippen molar-refractivity contribution < 1.29 is 22.3 Å². The normalized spacial score (nSPS) is 11.7.